The summed E-state index contributed by atoms with van der Waals surface area (Å²) < 4.78 is 33.1. The van der Waals surface area contributed by atoms with Crippen molar-refractivity contribution < 1.29 is 23.1 Å². The van der Waals surface area contributed by atoms with Gasteiger partial charge in [-0.1, -0.05) is 0 Å². The van der Waals surface area contributed by atoms with Crippen LogP contribution in [0.25, 0.3) is 0 Å². The molecule has 3 rings (SSSR count). The molecule has 160 valence electrons. The van der Waals surface area contributed by atoms with Gasteiger partial charge in [0.05, 0.1) is 23.1 Å². The Morgan fingerprint density at radius 3 is 2.28 bits per heavy atom. The molecular formula is C20H28F2N4O3. The van der Waals surface area contributed by atoms with Gasteiger partial charge in [0.1, 0.15) is 5.60 Å². The van der Waals surface area contributed by atoms with Crippen molar-refractivity contribution >= 4 is 23.6 Å². The third kappa shape index (κ3) is 3.67. The fourth-order valence-corrected chi connectivity index (χ4v) is 4.61. The molecule has 0 saturated heterocycles. The van der Waals surface area contributed by atoms with E-state index in [-0.39, 0.29) is 37.5 Å². The van der Waals surface area contributed by atoms with Crippen LogP contribution in [0.3, 0.4) is 0 Å². The number of aromatic nitrogens is 2. The first-order valence-corrected chi connectivity index (χ1v) is 9.75. The highest BCUT2D eigenvalue weighted by atomic mass is 19.3. The van der Waals surface area contributed by atoms with Gasteiger partial charge in [0.15, 0.2) is 0 Å². The van der Waals surface area contributed by atoms with Gasteiger partial charge in [-0.05, 0) is 47.5 Å². The predicted octanol–water partition coefficient (Wildman–Crippen LogP) is 4.42. The van der Waals surface area contributed by atoms with E-state index in [0.717, 1.165) is 0 Å². The highest BCUT2D eigenvalue weighted by molar-refractivity contribution is 5.96. The van der Waals surface area contributed by atoms with E-state index in [1.165, 1.54) is 13.1 Å². The van der Waals surface area contributed by atoms with Gasteiger partial charge in [-0.2, -0.15) is 0 Å². The maximum atomic E-state index is 13.9. The highest BCUT2D eigenvalue weighted by Gasteiger charge is 2.61. The Kier molecular flexibility index (Phi) is 4.87. The highest BCUT2D eigenvalue weighted by Crippen LogP contribution is 2.59. The number of nitrogens with one attached hydrogen (secondary N) is 1. The summed E-state index contributed by atoms with van der Waals surface area (Å²) in [7, 11) is 0. The number of hydrogen-bond donors (Lipinski definition) is 1. The number of rotatable bonds is 1. The van der Waals surface area contributed by atoms with E-state index < -0.39 is 28.6 Å². The zero-order valence-corrected chi connectivity index (χ0v) is 17.7. The van der Waals surface area contributed by atoms with Gasteiger partial charge >= 0.3 is 6.09 Å². The topological polar surface area (TPSA) is 84.4 Å². The van der Waals surface area contributed by atoms with E-state index in [1.807, 2.05) is 13.8 Å². The summed E-state index contributed by atoms with van der Waals surface area (Å²) in [6.45, 7) is 10.4. The zero-order chi connectivity index (χ0) is 21.8. The standard InChI is InChI=1S/C20H28F2N4O3/c1-12(27)26-13-11-23-15(25-16(28)29-17(2,3)4)24-14(13)19(18(26,5)6)7-9-20(21,22)10-8-19/h11H,7-10H2,1-6H3,(H,23,24,25,28). The number of anilines is 2. The molecule has 0 radical (unpaired) electrons. The van der Waals surface area contributed by atoms with Crippen LogP contribution >= 0.6 is 0 Å². The summed E-state index contributed by atoms with van der Waals surface area (Å²) in [5, 5.41) is 2.50. The van der Waals surface area contributed by atoms with Crippen molar-refractivity contribution in [2.75, 3.05) is 10.2 Å². The zero-order valence-electron chi connectivity index (χ0n) is 17.7. The number of amides is 2. The van der Waals surface area contributed by atoms with Crippen LogP contribution in [0, 0.1) is 0 Å². The molecule has 9 heteroatoms. The minimum Gasteiger partial charge on any atom is -0.444 e. The van der Waals surface area contributed by atoms with Crippen molar-refractivity contribution in [3.8, 4) is 0 Å². The summed E-state index contributed by atoms with van der Waals surface area (Å²) >= 11 is 0. The number of alkyl halides is 2. The lowest BCUT2D eigenvalue weighted by molar-refractivity contribution is -0.118. The molecule has 0 aromatic carbocycles. The van der Waals surface area contributed by atoms with E-state index in [1.54, 1.807) is 25.7 Å². The molecule has 1 aliphatic carbocycles. The molecule has 1 aromatic heterocycles. The number of fused-ring (bicyclic) bond motifs is 2. The quantitative estimate of drug-likeness (QED) is 0.741. The molecule has 1 aliphatic heterocycles. The van der Waals surface area contributed by atoms with Crippen molar-refractivity contribution in [2.24, 2.45) is 0 Å². The fraction of sp³-hybridized carbons (Fsp3) is 0.700. The SMILES string of the molecule is CC(=O)N1c2cnc(NC(=O)OC(C)(C)C)nc2C2(CCC(F)(F)CC2)C1(C)C. The Balaban J connectivity index is 2.03. The molecule has 1 fully saturated rings. The summed E-state index contributed by atoms with van der Waals surface area (Å²) in [4.78, 5) is 34.8. The molecule has 0 bridgehead atoms. The van der Waals surface area contributed by atoms with Gasteiger partial charge in [0, 0.05) is 25.2 Å². The van der Waals surface area contributed by atoms with Gasteiger partial charge in [-0.3, -0.25) is 10.1 Å². The Labute approximate surface area is 169 Å². The molecule has 2 heterocycles. The summed E-state index contributed by atoms with van der Waals surface area (Å²) in [5.74, 6) is -2.91. The first-order chi connectivity index (χ1) is 13.2. The molecule has 0 unspecified atom stereocenters. The molecule has 7 nitrogen and oxygen atoms in total. The molecule has 2 aliphatic rings. The Morgan fingerprint density at radius 2 is 1.76 bits per heavy atom. The molecule has 1 spiro atoms. The van der Waals surface area contributed by atoms with Crippen LogP contribution in [-0.2, 0) is 14.9 Å². The van der Waals surface area contributed by atoms with Crippen LogP contribution in [0.15, 0.2) is 6.20 Å². The second-order valence-electron chi connectivity index (χ2n) is 9.41. The lowest BCUT2D eigenvalue weighted by atomic mass is 9.62. The van der Waals surface area contributed by atoms with Gasteiger partial charge < -0.3 is 9.64 Å². The number of carbonyl (C=O) groups excluding carboxylic acids is 2. The van der Waals surface area contributed by atoms with E-state index in [0.29, 0.717) is 11.4 Å². The summed E-state index contributed by atoms with van der Waals surface area (Å²) in [6, 6.07) is 0. The van der Waals surface area contributed by atoms with Crippen LogP contribution in [0.2, 0.25) is 0 Å². The normalized spacial score (nSPS) is 21.6. The van der Waals surface area contributed by atoms with Crippen molar-refractivity contribution in [3.63, 3.8) is 0 Å². The van der Waals surface area contributed by atoms with Crippen LogP contribution in [0.1, 0.15) is 72.9 Å². The smallest absolute Gasteiger partial charge is 0.414 e. The average Bonchev–Trinajstić information content (AvgIpc) is 2.72. The molecule has 0 atom stereocenters. The second kappa shape index (κ2) is 6.60. The van der Waals surface area contributed by atoms with Crippen LogP contribution in [0.4, 0.5) is 25.2 Å². The Morgan fingerprint density at radius 1 is 1.17 bits per heavy atom. The molecule has 29 heavy (non-hydrogen) atoms. The van der Waals surface area contributed by atoms with E-state index >= 15 is 0 Å². The lowest BCUT2D eigenvalue weighted by Crippen LogP contribution is -2.57. The number of ether oxygens (including phenoxy) is 1. The third-order valence-corrected chi connectivity index (χ3v) is 5.96. The van der Waals surface area contributed by atoms with Crippen molar-refractivity contribution in [2.45, 2.75) is 89.7 Å². The van der Waals surface area contributed by atoms with Gasteiger partial charge in [0.2, 0.25) is 17.8 Å². The van der Waals surface area contributed by atoms with Crippen molar-refractivity contribution in [1.29, 1.82) is 0 Å². The number of carbonyl (C=O) groups is 2. The van der Waals surface area contributed by atoms with Crippen molar-refractivity contribution in [3.05, 3.63) is 11.9 Å². The fourth-order valence-electron chi connectivity index (χ4n) is 4.61. The van der Waals surface area contributed by atoms with Gasteiger partial charge in [-0.25, -0.2) is 23.5 Å². The van der Waals surface area contributed by atoms with E-state index in [4.69, 9.17) is 4.74 Å². The molecule has 1 saturated carbocycles. The summed E-state index contributed by atoms with van der Waals surface area (Å²) in [6.07, 6.45) is 0.585. The van der Waals surface area contributed by atoms with Gasteiger partial charge in [0.25, 0.3) is 0 Å². The predicted molar refractivity (Wildman–Crippen MR) is 104 cm³/mol. The molecule has 2 amide bonds. The van der Waals surface area contributed by atoms with Crippen LogP contribution < -0.4 is 10.2 Å². The lowest BCUT2D eigenvalue weighted by Gasteiger charge is -2.48. The Hall–Kier alpha value is -2.32. The second-order valence-corrected chi connectivity index (χ2v) is 9.41. The third-order valence-electron chi connectivity index (χ3n) is 5.96. The van der Waals surface area contributed by atoms with E-state index in [2.05, 4.69) is 15.3 Å². The monoisotopic (exact) mass is 410 g/mol. The minimum absolute atomic E-state index is 0.0240. The van der Waals surface area contributed by atoms with Gasteiger partial charge in [-0.15, -0.1) is 0 Å². The molecule has 1 aromatic rings. The first-order valence-electron chi connectivity index (χ1n) is 9.75. The minimum atomic E-state index is -2.73. The number of halogens is 2. The number of nitrogens with zero attached hydrogens (tertiary/aromatic N) is 3. The number of hydrogen-bond acceptors (Lipinski definition) is 5. The van der Waals surface area contributed by atoms with Crippen LogP contribution in [-0.4, -0.2) is 39.0 Å². The maximum Gasteiger partial charge on any atom is 0.414 e. The largest absolute Gasteiger partial charge is 0.444 e. The first kappa shape index (κ1) is 21.4. The van der Waals surface area contributed by atoms with Crippen LogP contribution in [0.5, 0.6) is 0 Å². The summed E-state index contributed by atoms with van der Waals surface area (Å²) in [5.41, 5.74) is -1.17. The maximum absolute atomic E-state index is 13.9. The molecular weight excluding hydrogens is 382 g/mol. The molecule has 1 N–H and O–H groups in total. The Bertz CT molecular complexity index is 839. The van der Waals surface area contributed by atoms with E-state index in [9.17, 15) is 18.4 Å². The van der Waals surface area contributed by atoms with Crippen molar-refractivity contribution in [1.82, 2.24) is 9.97 Å². The average molecular weight is 410 g/mol.